The van der Waals surface area contributed by atoms with Crippen LogP contribution in [0.5, 0.6) is 5.75 Å². The number of hydrogen-bond donors (Lipinski definition) is 4. The van der Waals surface area contributed by atoms with E-state index in [0.29, 0.717) is 34.3 Å². The fraction of sp³-hybridized carbons (Fsp3) is 0.458. The molecule has 0 aliphatic heterocycles. The van der Waals surface area contributed by atoms with Gasteiger partial charge in [-0.25, -0.2) is 0 Å². The topological polar surface area (TPSA) is 121 Å². The number of nitrogens with zero attached hydrogens (tertiary/aromatic N) is 2. The van der Waals surface area contributed by atoms with Crippen molar-refractivity contribution in [3.05, 3.63) is 47.3 Å². The van der Waals surface area contributed by atoms with Crippen molar-refractivity contribution in [1.29, 1.82) is 0 Å². The molecule has 2 aromatic rings. The summed E-state index contributed by atoms with van der Waals surface area (Å²) in [5, 5.41) is 23.6. The number of nitrogens with one attached hydrogen (secondary N) is 1. The second kappa shape index (κ2) is 8.78. The molecule has 1 aromatic carbocycles. The number of aliphatic imine (C=N–C) groups is 1. The minimum atomic E-state index is -0.498. The average Bonchev–Trinajstić information content (AvgIpc) is 3.63. The molecule has 5 N–H and O–H groups in total. The maximum absolute atomic E-state index is 12.7. The summed E-state index contributed by atoms with van der Waals surface area (Å²) in [5.74, 6) is 0.410. The molecule has 1 heterocycles. The fourth-order valence-electron chi connectivity index (χ4n) is 4.42. The van der Waals surface area contributed by atoms with Crippen LogP contribution in [0.4, 0.5) is 11.4 Å². The molecule has 0 radical (unpaired) electrons. The number of amides is 1. The minimum absolute atomic E-state index is 0.101. The van der Waals surface area contributed by atoms with Crippen LogP contribution in [-0.2, 0) is 0 Å². The predicted molar refractivity (Wildman–Crippen MR) is 121 cm³/mol. The average molecular weight is 440 g/mol. The lowest BCUT2D eigenvalue weighted by Crippen LogP contribution is -2.42. The lowest BCUT2D eigenvalue weighted by molar-refractivity contribution is -0.909. The molecule has 32 heavy (non-hydrogen) atoms. The second-order valence-electron chi connectivity index (χ2n) is 8.89. The van der Waals surface area contributed by atoms with Crippen molar-refractivity contribution in [2.24, 2.45) is 10.9 Å². The molecule has 2 fully saturated rings. The maximum Gasteiger partial charge on any atom is 0.325 e. The smallest absolute Gasteiger partial charge is 0.325 e. The van der Waals surface area contributed by atoms with E-state index in [1.807, 2.05) is 0 Å². The third kappa shape index (κ3) is 4.55. The summed E-state index contributed by atoms with van der Waals surface area (Å²) >= 11 is 0. The van der Waals surface area contributed by atoms with Crippen molar-refractivity contribution >= 4 is 23.5 Å². The number of nitrogens with two attached hydrogens (primary N) is 1. The quantitative estimate of drug-likeness (QED) is 0.239. The van der Waals surface area contributed by atoms with Gasteiger partial charge in [-0.1, -0.05) is 0 Å². The van der Waals surface area contributed by atoms with E-state index in [0.717, 1.165) is 43.3 Å². The van der Waals surface area contributed by atoms with Crippen LogP contribution in [0, 0.1) is 12.8 Å². The number of aromatic nitrogens is 1. The molecule has 0 unspecified atom stereocenters. The third-order valence-corrected chi connectivity index (χ3v) is 6.62. The van der Waals surface area contributed by atoms with Gasteiger partial charge in [-0.15, -0.1) is 0 Å². The fourth-order valence-corrected chi connectivity index (χ4v) is 4.42. The van der Waals surface area contributed by atoms with Gasteiger partial charge in [0.15, 0.2) is 0 Å². The Balaban J connectivity index is 1.50. The number of carbonyl (C=O) groups excluding carboxylic acids is 1. The van der Waals surface area contributed by atoms with Crippen molar-refractivity contribution in [2.75, 3.05) is 18.2 Å². The van der Waals surface area contributed by atoms with Gasteiger partial charge in [0.2, 0.25) is 5.69 Å². The Morgan fingerprint density at radius 3 is 2.66 bits per heavy atom. The Kier molecular flexibility index (Phi) is 6.06. The van der Waals surface area contributed by atoms with E-state index in [4.69, 9.17) is 15.5 Å². The molecule has 0 atom stereocenters. The molecule has 0 bridgehead atoms. The Hall–Kier alpha value is -3.13. The first-order valence-corrected chi connectivity index (χ1v) is 11.1. The summed E-state index contributed by atoms with van der Waals surface area (Å²) in [5.41, 5.74) is 7.92. The van der Waals surface area contributed by atoms with Gasteiger partial charge in [-0.2, -0.15) is 0 Å². The second-order valence-corrected chi connectivity index (χ2v) is 8.89. The minimum Gasteiger partial charge on any atom is -0.494 e. The first kappa shape index (κ1) is 22.1. The lowest BCUT2D eigenvalue weighted by Gasteiger charge is -2.35. The molecular formula is C24H31N4O4+. The number of nitrogen functional groups attached to an aromatic ring is 1. The van der Waals surface area contributed by atoms with Crippen LogP contribution in [0.15, 0.2) is 35.3 Å². The van der Waals surface area contributed by atoms with E-state index in [9.17, 15) is 15.1 Å². The summed E-state index contributed by atoms with van der Waals surface area (Å²) in [6, 6.07) is 8.44. The number of rotatable bonds is 6. The van der Waals surface area contributed by atoms with E-state index in [-0.39, 0.29) is 11.7 Å². The van der Waals surface area contributed by atoms with Crippen molar-refractivity contribution in [3.63, 3.8) is 0 Å². The number of hydrogen-bond acceptors (Lipinski definition) is 6. The third-order valence-electron chi connectivity index (χ3n) is 6.62. The van der Waals surface area contributed by atoms with Crippen LogP contribution in [0.3, 0.4) is 0 Å². The van der Waals surface area contributed by atoms with Gasteiger partial charge in [0, 0.05) is 47.3 Å². The number of carbonyl (C=O) groups is 1. The molecule has 8 nitrogen and oxygen atoms in total. The zero-order valence-corrected chi connectivity index (χ0v) is 18.5. The largest absolute Gasteiger partial charge is 0.494 e. The maximum atomic E-state index is 12.7. The van der Waals surface area contributed by atoms with Crippen LogP contribution in [-0.4, -0.2) is 41.2 Å². The molecule has 170 valence electrons. The van der Waals surface area contributed by atoms with Crippen molar-refractivity contribution < 1.29 is 24.6 Å². The predicted octanol–water partition coefficient (Wildman–Crippen LogP) is 2.87. The monoisotopic (exact) mass is 439 g/mol. The van der Waals surface area contributed by atoms with Crippen LogP contribution < -0.4 is 20.5 Å². The summed E-state index contributed by atoms with van der Waals surface area (Å²) in [7, 11) is 1.50. The molecule has 2 aliphatic carbocycles. The van der Waals surface area contributed by atoms with E-state index in [1.54, 1.807) is 37.4 Å². The normalized spacial score (nSPS) is 23.3. The van der Waals surface area contributed by atoms with E-state index in [2.05, 4.69) is 5.32 Å². The Morgan fingerprint density at radius 1 is 1.28 bits per heavy atom. The Labute approximate surface area is 187 Å². The highest BCUT2D eigenvalue weighted by atomic mass is 16.5. The SMILES string of the molecule is COc1cc(N)c(C=NC2CCC(O)(C3CC3)CC2)cc1NC(=O)c1cccc(C)[n+]1O. The number of benzene rings is 1. The molecule has 1 aromatic heterocycles. The standard InChI is InChI=1S/C24H30N4O4/c1-15-4-3-5-21(28(15)31)23(29)27-20-12-16(19(25)13-22(20)32-2)14-26-18-8-10-24(30,11-9-18)17-6-7-17/h3-5,12-14,17-18,25,29-31H,6-11H2,1-2H3/p+1. The summed E-state index contributed by atoms with van der Waals surface area (Å²) in [4.78, 5) is 17.4. The first-order chi connectivity index (χ1) is 15.3. The zero-order valence-electron chi connectivity index (χ0n) is 18.5. The molecule has 0 saturated heterocycles. The van der Waals surface area contributed by atoms with Gasteiger partial charge in [0.1, 0.15) is 5.75 Å². The molecule has 8 heteroatoms. The molecule has 0 spiro atoms. The van der Waals surface area contributed by atoms with Crippen LogP contribution >= 0.6 is 0 Å². The van der Waals surface area contributed by atoms with Gasteiger partial charge in [0.05, 0.1) is 24.4 Å². The van der Waals surface area contributed by atoms with E-state index >= 15 is 0 Å². The lowest BCUT2D eigenvalue weighted by atomic mass is 9.79. The Bertz CT molecular complexity index is 1040. The molecule has 4 rings (SSSR count). The van der Waals surface area contributed by atoms with Crippen LogP contribution in [0.2, 0.25) is 0 Å². The Morgan fingerprint density at radius 2 is 2.00 bits per heavy atom. The molecule has 1 amide bonds. The van der Waals surface area contributed by atoms with E-state index < -0.39 is 11.5 Å². The first-order valence-electron chi connectivity index (χ1n) is 11.1. The highest BCUT2D eigenvalue weighted by Gasteiger charge is 2.45. The van der Waals surface area contributed by atoms with Gasteiger partial charge < -0.3 is 20.9 Å². The van der Waals surface area contributed by atoms with Crippen LogP contribution in [0.1, 0.15) is 60.3 Å². The number of methoxy groups -OCH3 is 1. The number of pyridine rings is 1. The van der Waals surface area contributed by atoms with Gasteiger partial charge in [-0.05, 0) is 56.6 Å². The van der Waals surface area contributed by atoms with Crippen molar-refractivity contribution in [2.45, 2.75) is 57.1 Å². The van der Waals surface area contributed by atoms with Crippen LogP contribution in [0.25, 0.3) is 0 Å². The zero-order chi connectivity index (χ0) is 22.9. The molecular weight excluding hydrogens is 408 g/mol. The van der Waals surface area contributed by atoms with Gasteiger partial charge >= 0.3 is 11.6 Å². The van der Waals surface area contributed by atoms with E-state index in [1.165, 1.54) is 13.2 Å². The number of aliphatic hydroxyl groups is 1. The number of anilines is 2. The molecule has 2 saturated carbocycles. The van der Waals surface area contributed by atoms with Crippen molar-refractivity contribution in [1.82, 2.24) is 0 Å². The van der Waals surface area contributed by atoms with Crippen molar-refractivity contribution in [3.8, 4) is 5.75 Å². The summed E-state index contributed by atoms with van der Waals surface area (Å²) < 4.78 is 6.22. The summed E-state index contributed by atoms with van der Waals surface area (Å²) in [6.07, 6.45) is 7.29. The number of aryl methyl sites for hydroxylation is 1. The molecule has 2 aliphatic rings. The summed E-state index contributed by atoms with van der Waals surface area (Å²) in [6.45, 7) is 1.70. The number of ether oxygens (including phenoxy) is 1. The highest BCUT2D eigenvalue weighted by Crippen LogP contribution is 2.47. The van der Waals surface area contributed by atoms with Gasteiger partial charge in [-0.3, -0.25) is 15.0 Å². The van der Waals surface area contributed by atoms with Gasteiger partial charge in [0.25, 0.3) is 0 Å². The highest BCUT2D eigenvalue weighted by molar-refractivity contribution is 6.04.